The van der Waals surface area contributed by atoms with Gasteiger partial charge in [0, 0.05) is 29.0 Å². The number of likely N-dealkylation sites (tertiary alicyclic amines) is 1. The number of fused-ring (bicyclic) bond motifs is 1. The molecule has 4 nitrogen and oxygen atoms in total. The number of H-pyrrole nitrogens is 1. The highest BCUT2D eigenvalue weighted by atomic mass is 35.5. The fraction of sp³-hybridized carbons (Fsp3) is 0.526. The molecule has 3 rings (SSSR count). The largest absolute Gasteiger partial charge is 0.390 e. The molecule has 1 aliphatic heterocycles. The van der Waals surface area contributed by atoms with Crippen LogP contribution in [0.1, 0.15) is 49.2 Å². The van der Waals surface area contributed by atoms with E-state index in [4.69, 9.17) is 11.6 Å². The van der Waals surface area contributed by atoms with Crippen LogP contribution in [0.3, 0.4) is 0 Å². The first-order valence-corrected chi connectivity index (χ1v) is 8.92. The number of carbonyl (C=O) groups excluding carboxylic acids is 1. The zero-order valence-electron chi connectivity index (χ0n) is 14.5. The first-order valence-electron chi connectivity index (χ1n) is 8.54. The third-order valence-electron chi connectivity index (χ3n) is 4.92. The van der Waals surface area contributed by atoms with Crippen molar-refractivity contribution in [3.05, 3.63) is 34.5 Å². The van der Waals surface area contributed by atoms with Crippen molar-refractivity contribution >= 4 is 28.4 Å². The highest BCUT2D eigenvalue weighted by Crippen LogP contribution is 2.29. The molecule has 0 saturated carbocycles. The van der Waals surface area contributed by atoms with Gasteiger partial charge in [-0.25, -0.2) is 0 Å². The maximum absolute atomic E-state index is 12.9. The fourth-order valence-corrected chi connectivity index (χ4v) is 3.89. The Morgan fingerprint density at radius 2 is 2.04 bits per heavy atom. The van der Waals surface area contributed by atoms with E-state index in [0.717, 1.165) is 48.8 Å². The van der Waals surface area contributed by atoms with Crippen LogP contribution in [0, 0.1) is 12.8 Å². The number of nitrogens with one attached hydrogen (secondary N) is 1. The number of hydrogen-bond acceptors (Lipinski definition) is 2. The molecule has 5 heteroatoms. The van der Waals surface area contributed by atoms with E-state index in [1.165, 1.54) is 0 Å². The summed E-state index contributed by atoms with van der Waals surface area (Å²) in [6.07, 6.45) is 2.68. The highest BCUT2D eigenvalue weighted by Gasteiger charge is 2.28. The molecular weight excluding hydrogens is 324 g/mol. The molecule has 0 bridgehead atoms. The number of aliphatic hydroxyl groups is 1. The Hall–Kier alpha value is -1.52. The van der Waals surface area contributed by atoms with E-state index in [2.05, 4.69) is 4.98 Å². The van der Waals surface area contributed by atoms with Gasteiger partial charge >= 0.3 is 0 Å². The first-order chi connectivity index (χ1) is 11.2. The Morgan fingerprint density at radius 3 is 2.67 bits per heavy atom. The van der Waals surface area contributed by atoms with Crippen LogP contribution in [0.5, 0.6) is 0 Å². The summed E-state index contributed by atoms with van der Waals surface area (Å²) in [6.45, 7) is 7.15. The van der Waals surface area contributed by atoms with Gasteiger partial charge in [0.25, 0.3) is 5.91 Å². The van der Waals surface area contributed by atoms with Crippen molar-refractivity contribution in [2.75, 3.05) is 13.1 Å². The summed E-state index contributed by atoms with van der Waals surface area (Å²) in [5, 5.41) is 11.6. The van der Waals surface area contributed by atoms with Gasteiger partial charge in [0.05, 0.1) is 5.60 Å². The number of halogens is 1. The van der Waals surface area contributed by atoms with Gasteiger partial charge in [-0.2, -0.15) is 0 Å². The number of aromatic nitrogens is 1. The van der Waals surface area contributed by atoms with E-state index in [-0.39, 0.29) is 5.91 Å². The summed E-state index contributed by atoms with van der Waals surface area (Å²) in [5.74, 6) is 0.540. The normalized spacial score (nSPS) is 16.8. The van der Waals surface area contributed by atoms with Crippen molar-refractivity contribution in [2.45, 2.75) is 45.6 Å². The minimum atomic E-state index is -0.635. The van der Waals surface area contributed by atoms with Crippen LogP contribution in [0.15, 0.2) is 18.2 Å². The van der Waals surface area contributed by atoms with Crippen LogP contribution in [0.25, 0.3) is 10.9 Å². The molecule has 0 radical (unpaired) electrons. The van der Waals surface area contributed by atoms with E-state index in [1.54, 1.807) is 0 Å². The lowest BCUT2D eigenvalue weighted by Crippen LogP contribution is -2.40. The van der Waals surface area contributed by atoms with Crippen LogP contribution in [-0.2, 0) is 0 Å². The Bertz CT molecular complexity index is 753. The Balaban J connectivity index is 1.73. The van der Waals surface area contributed by atoms with Gasteiger partial charge in [-0.05, 0) is 69.7 Å². The van der Waals surface area contributed by atoms with Crippen LogP contribution in [0.2, 0.25) is 5.02 Å². The number of hydrogen-bond donors (Lipinski definition) is 2. The van der Waals surface area contributed by atoms with Gasteiger partial charge in [-0.3, -0.25) is 4.79 Å². The minimum Gasteiger partial charge on any atom is -0.390 e. The Kier molecular flexibility index (Phi) is 4.63. The first kappa shape index (κ1) is 17.3. The molecule has 2 heterocycles. The lowest BCUT2D eigenvalue weighted by Gasteiger charge is -2.34. The lowest BCUT2D eigenvalue weighted by atomic mass is 9.86. The Labute approximate surface area is 147 Å². The number of amides is 1. The van der Waals surface area contributed by atoms with Gasteiger partial charge in [0.15, 0.2) is 0 Å². The van der Waals surface area contributed by atoms with Crippen LogP contribution >= 0.6 is 11.6 Å². The number of aryl methyl sites for hydroxylation is 1. The molecule has 1 aromatic heterocycles. The Morgan fingerprint density at radius 1 is 1.38 bits per heavy atom. The maximum atomic E-state index is 12.9. The highest BCUT2D eigenvalue weighted by molar-refractivity contribution is 6.31. The molecule has 0 spiro atoms. The van der Waals surface area contributed by atoms with Crippen molar-refractivity contribution in [1.82, 2.24) is 9.88 Å². The standard InChI is InChI=1S/C19H25ClN2O2/c1-12-15-10-14(20)4-5-16(15)21-17(12)18(23)22-8-6-13(7-9-22)11-19(2,3)24/h4-5,10,13,21,24H,6-9,11H2,1-3H3. The molecule has 130 valence electrons. The smallest absolute Gasteiger partial charge is 0.270 e. The van der Waals surface area contributed by atoms with Crippen molar-refractivity contribution in [1.29, 1.82) is 0 Å². The SMILES string of the molecule is Cc1c(C(=O)N2CCC(CC(C)(C)O)CC2)[nH]c2ccc(Cl)cc12. The zero-order valence-corrected chi connectivity index (χ0v) is 15.3. The number of aromatic amines is 1. The van der Waals surface area contributed by atoms with E-state index < -0.39 is 5.60 Å². The maximum Gasteiger partial charge on any atom is 0.270 e. The fourth-order valence-electron chi connectivity index (χ4n) is 3.72. The minimum absolute atomic E-state index is 0.0570. The predicted octanol–water partition coefficient (Wildman–Crippen LogP) is 4.14. The number of rotatable bonds is 3. The van der Waals surface area contributed by atoms with Gasteiger partial charge in [-0.1, -0.05) is 11.6 Å². The summed E-state index contributed by atoms with van der Waals surface area (Å²) in [7, 11) is 0. The van der Waals surface area contributed by atoms with Crippen LogP contribution in [-0.4, -0.2) is 39.6 Å². The molecule has 1 aliphatic rings. The van der Waals surface area contributed by atoms with E-state index in [1.807, 2.05) is 43.9 Å². The summed E-state index contributed by atoms with van der Waals surface area (Å²) < 4.78 is 0. The van der Waals surface area contributed by atoms with E-state index in [9.17, 15) is 9.90 Å². The van der Waals surface area contributed by atoms with E-state index >= 15 is 0 Å². The second-order valence-corrected chi connectivity index (χ2v) is 8.00. The summed E-state index contributed by atoms with van der Waals surface area (Å²) in [4.78, 5) is 18.0. The molecule has 0 atom stereocenters. The molecule has 0 aliphatic carbocycles. The average molecular weight is 349 g/mol. The van der Waals surface area contributed by atoms with Crippen molar-refractivity contribution < 1.29 is 9.90 Å². The lowest BCUT2D eigenvalue weighted by molar-refractivity contribution is 0.0357. The second-order valence-electron chi connectivity index (χ2n) is 7.57. The summed E-state index contributed by atoms with van der Waals surface area (Å²) in [5.41, 5.74) is 1.92. The van der Waals surface area contributed by atoms with Crippen molar-refractivity contribution in [3.8, 4) is 0 Å². The van der Waals surface area contributed by atoms with Gasteiger partial charge in [-0.15, -0.1) is 0 Å². The molecule has 1 aromatic carbocycles. The number of carbonyl (C=O) groups is 1. The average Bonchev–Trinajstić information content (AvgIpc) is 2.83. The molecule has 24 heavy (non-hydrogen) atoms. The molecular formula is C19H25ClN2O2. The summed E-state index contributed by atoms with van der Waals surface area (Å²) >= 11 is 6.07. The zero-order chi connectivity index (χ0) is 17.5. The van der Waals surface area contributed by atoms with Gasteiger partial charge in [0.1, 0.15) is 5.69 Å². The predicted molar refractivity (Wildman–Crippen MR) is 97.6 cm³/mol. The third-order valence-corrected chi connectivity index (χ3v) is 5.16. The van der Waals surface area contributed by atoms with Crippen LogP contribution in [0.4, 0.5) is 0 Å². The third kappa shape index (κ3) is 3.60. The molecule has 2 aromatic rings. The molecule has 1 fully saturated rings. The molecule has 2 N–H and O–H groups in total. The molecule has 1 saturated heterocycles. The van der Waals surface area contributed by atoms with Gasteiger partial charge in [0.2, 0.25) is 0 Å². The topological polar surface area (TPSA) is 56.3 Å². The molecule has 1 amide bonds. The number of benzene rings is 1. The summed E-state index contributed by atoms with van der Waals surface area (Å²) in [6, 6.07) is 5.64. The van der Waals surface area contributed by atoms with Gasteiger partial charge < -0.3 is 15.0 Å². The monoisotopic (exact) mass is 348 g/mol. The van der Waals surface area contributed by atoms with Crippen molar-refractivity contribution in [3.63, 3.8) is 0 Å². The number of nitrogens with zero attached hydrogens (tertiary/aromatic N) is 1. The molecule has 0 unspecified atom stereocenters. The number of piperidine rings is 1. The van der Waals surface area contributed by atoms with E-state index in [0.29, 0.717) is 16.6 Å². The second kappa shape index (κ2) is 6.41. The van der Waals surface area contributed by atoms with Crippen molar-refractivity contribution in [2.24, 2.45) is 5.92 Å². The quantitative estimate of drug-likeness (QED) is 0.875. The van der Waals surface area contributed by atoms with Crippen LogP contribution < -0.4 is 0 Å².